The molecule has 5 heterocycles. The fraction of sp³-hybridized carbons (Fsp3) is 0.190. The average Bonchev–Trinajstić information content (AvgIpc) is 4.08. The third-order valence-corrected chi connectivity index (χ3v) is 15.7. The molecule has 0 aliphatic carbocycles. The summed E-state index contributed by atoms with van der Waals surface area (Å²) in [6.45, 7) is 3.36. The zero-order chi connectivity index (χ0) is 46.8. The molecule has 0 saturated heterocycles. The van der Waals surface area contributed by atoms with E-state index >= 15 is 0 Å². The fourth-order valence-corrected chi connectivity index (χ4v) is 10.7. The first kappa shape index (κ1) is 48.8. The lowest BCUT2D eigenvalue weighted by molar-refractivity contribution is 0.0957. The van der Waals surface area contributed by atoms with Crippen molar-refractivity contribution in [2.45, 2.75) is 49.1 Å². The summed E-state index contributed by atoms with van der Waals surface area (Å²) in [5.74, 6) is -0.317. The van der Waals surface area contributed by atoms with Gasteiger partial charge in [-0.25, -0.2) is 16.8 Å². The van der Waals surface area contributed by atoms with E-state index in [9.17, 15) is 36.0 Å². The van der Waals surface area contributed by atoms with Gasteiger partial charge in [0, 0.05) is 100.0 Å². The highest BCUT2D eigenvalue weighted by atomic mass is 127. The summed E-state index contributed by atoms with van der Waals surface area (Å²) >= 11 is 26.0. The first-order valence-electron chi connectivity index (χ1n) is 18.9. The maximum atomic E-state index is 11.3. The number of nitrogen functional groups attached to an aromatic ring is 2. The van der Waals surface area contributed by atoms with Gasteiger partial charge in [-0.2, -0.15) is 0 Å². The van der Waals surface area contributed by atoms with Gasteiger partial charge < -0.3 is 38.1 Å². The van der Waals surface area contributed by atoms with E-state index in [-0.39, 0.29) is 45.0 Å². The Morgan fingerprint density at radius 1 is 0.484 bits per heavy atom. The Balaban J connectivity index is 0.000000133. The number of nitrogens with two attached hydrogens (primary N) is 2. The van der Waals surface area contributed by atoms with Crippen LogP contribution in [0.1, 0.15) is 74.8 Å². The lowest BCUT2D eigenvalue weighted by Gasteiger charge is -2.06. The van der Waals surface area contributed by atoms with Crippen LogP contribution in [0.2, 0.25) is 20.1 Å². The molecule has 5 aromatic rings. The predicted octanol–water partition coefficient (Wildman–Crippen LogP) is 6.20. The third-order valence-electron chi connectivity index (χ3n) is 10.2. The van der Waals surface area contributed by atoms with Crippen LogP contribution >= 0.6 is 69.0 Å². The van der Waals surface area contributed by atoms with Gasteiger partial charge >= 0.3 is 0 Å². The molecule has 15 nitrogen and oxygen atoms in total. The van der Waals surface area contributed by atoms with Crippen LogP contribution in [-0.2, 0) is 58.9 Å². The molecule has 0 atom stereocenters. The van der Waals surface area contributed by atoms with Crippen molar-refractivity contribution in [3.05, 3.63) is 146 Å². The molecule has 336 valence electrons. The highest BCUT2D eigenvalue weighted by Crippen LogP contribution is 2.33. The summed E-state index contributed by atoms with van der Waals surface area (Å²) in [5, 5.41) is 15.5. The summed E-state index contributed by atoms with van der Waals surface area (Å²) < 4.78 is 46.4. The van der Waals surface area contributed by atoms with Gasteiger partial charge in [-0.1, -0.05) is 52.5 Å². The summed E-state index contributed by atoms with van der Waals surface area (Å²) in [4.78, 5) is 44.9. The van der Waals surface area contributed by atoms with E-state index < -0.39 is 19.7 Å². The maximum Gasteiger partial charge on any atom is 0.251 e. The number of nitrogens with one attached hydrogen (secondary N) is 5. The van der Waals surface area contributed by atoms with Crippen LogP contribution in [0.4, 0.5) is 11.4 Å². The normalized spacial score (nSPS) is 14.7. The lowest BCUT2D eigenvalue weighted by Crippen LogP contribution is -2.12. The van der Waals surface area contributed by atoms with E-state index in [0.717, 1.165) is 49.8 Å². The predicted molar refractivity (Wildman–Crippen MR) is 255 cm³/mol. The number of benzene rings is 5. The SMILES string of the molecule is CS(=O)(=O)c1ccc2c(c1Cl)CNC2.CS(=O)(=O)c1ccc2c(c1Cl)CNC2=O.Nc1ccc2c(c1)CNC2=O.Nc1ccc2c(c1Cl)CNC2=O.O=C1NCc2c1ccc(I)c2Cl. The van der Waals surface area contributed by atoms with Crippen molar-refractivity contribution < 1.29 is 36.0 Å². The Hall–Kier alpha value is -4.67. The monoisotopic (exact) mass is 1100 g/mol. The number of anilines is 2. The van der Waals surface area contributed by atoms with Gasteiger partial charge in [0.25, 0.3) is 23.6 Å². The Kier molecular flexibility index (Phi) is 15.1. The molecule has 0 fully saturated rings. The highest BCUT2D eigenvalue weighted by molar-refractivity contribution is 14.1. The van der Waals surface area contributed by atoms with Crippen molar-refractivity contribution in [3.63, 3.8) is 0 Å². The Labute approximate surface area is 402 Å². The molecule has 0 bridgehead atoms. The molecule has 0 aromatic heterocycles. The number of amides is 4. The van der Waals surface area contributed by atoms with Gasteiger partial charge in [-0.3, -0.25) is 19.2 Å². The molecule has 4 amide bonds. The van der Waals surface area contributed by atoms with Gasteiger partial charge in [0.05, 0.1) is 35.6 Å². The van der Waals surface area contributed by atoms with Crippen molar-refractivity contribution in [3.8, 4) is 0 Å². The van der Waals surface area contributed by atoms with Crippen molar-refractivity contribution in [1.29, 1.82) is 0 Å². The number of carbonyl (C=O) groups is 4. The van der Waals surface area contributed by atoms with Crippen LogP contribution in [-0.4, -0.2) is 53.0 Å². The first-order valence-corrected chi connectivity index (χ1v) is 25.2. The summed E-state index contributed by atoms with van der Waals surface area (Å²) in [5.41, 5.74) is 20.2. The molecule has 5 aromatic carbocycles. The molecule has 5 aliphatic heterocycles. The Morgan fingerprint density at radius 2 is 0.922 bits per heavy atom. The van der Waals surface area contributed by atoms with Gasteiger partial charge in [0.1, 0.15) is 0 Å². The Bertz CT molecular complexity index is 2940. The molecule has 0 spiro atoms. The van der Waals surface area contributed by atoms with Gasteiger partial charge in [-0.15, -0.1) is 0 Å². The molecule has 0 saturated carbocycles. The number of fused-ring (bicyclic) bond motifs is 5. The smallest absolute Gasteiger partial charge is 0.251 e. The number of sulfone groups is 2. The number of hydrogen-bond acceptors (Lipinski definition) is 11. The zero-order valence-electron chi connectivity index (χ0n) is 33.7. The van der Waals surface area contributed by atoms with Crippen molar-refractivity contribution in [2.24, 2.45) is 0 Å². The number of rotatable bonds is 2. The maximum absolute atomic E-state index is 11.3. The minimum absolute atomic E-state index is 0.000000000000000222. The lowest BCUT2D eigenvalue weighted by atomic mass is 10.1. The molecular formula is C42H38Cl4IN7O8S2. The van der Waals surface area contributed by atoms with Gasteiger partial charge in [0.15, 0.2) is 19.7 Å². The van der Waals surface area contributed by atoms with Crippen LogP contribution in [0.3, 0.4) is 0 Å². The van der Waals surface area contributed by atoms with Crippen LogP contribution in [0.15, 0.2) is 76.5 Å². The molecule has 0 radical (unpaired) electrons. The quantitative estimate of drug-likeness (QED) is 0.0775. The molecule has 10 rings (SSSR count). The van der Waals surface area contributed by atoms with Gasteiger partial charge in [0.2, 0.25) is 0 Å². The van der Waals surface area contributed by atoms with Crippen molar-refractivity contribution in [1.82, 2.24) is 26.6 Å². The molecule has 22 heteroatoms. The molecule has 0 unspecified atom stereocenters. The molecule has 5 aliphatic rings. The fourth-order valence-electron chi connectivity index (χ4n) is 6.92. The van der Waals surface area contributed by atoms with Crippen molar-refractivity contribution >= 4 is 124 Å². The Morgan fingerprint density at radius 3 is 1.48 bits per heavy atom. The number of halogens is 5. The van der Waals surface area contributed by atoms with E-state index in [1.165, 1.54) is 18.4 Å². The molecule has 9 N–H and O–H groups in total. The minimum Gasteiger partial charge on any atom is -0.399 e. The highest BCUT2D eigenvalue weighted by Gasteiger charge is 2.27. The van der Waals surface area contributed by atoms with E-state index in [1.807, 2.05) is 24.3 Å². The summed E-state index contributed by atoms with van der Waals surface area (Å²) in [6.07, 6.45) is 2.26. The largest absolute Gasteiger partial charge is 0.399 e. The first-order chi connectivity index (χ1) is 30.1. The van der Waals surface area contributed by atoms with E-state index in [0.29, 0.717) is 74.9 Å². The topological polar surface area (TPSA) is 249 Å². The second-order valence-corrected chi connectivity index (χ2v) is 21.2. The zero-order valence-corrected chi connectivity index (χ0v) is 40.5. The summed E-state index contributed by atoms with van der Waals surface area (Å²) in [6, 6.07) is 18.6. The number of hydrogen-bond donors (Lipinski definition) is 7. The molecule has 64 heavy (non-hydrogen) atoms. The van der Waals surface area contributed by atoms with Crippen LogP contribution in [0.25, 0.3) is 0 Å². The van der Waals surface area contributed by atoms with Crippen LogP contribution < -0.4 is 38.1 Å². The second-order valence-electron chi connectivity index (χ2n) is 14.6. The minimum atomic E-state index is -3.34. The van der Waals surface area contributed by atoms with E-state index in [1.54, 1.807) is 30.3 Å². The second kappa shape index (κ2) is 19.8. The van der Waals surface area contributed by atoms with Crippen LogP contribution in [0, 0.1) is 3.57 Å². The van der Waals surface area contributed by atoms with E-state index in [2.05, 4.69) is 49.2 Å². The summed E-state index contributed by atoms with van der Waals surface area (Å²) in [7, 11) is -6.56. The third kappa shape index (κ3) is 10.7. The average molecular weight is 1100 g/mol. The standard InChI is InChI=1S/C9H8ClNO3S.C9H10ClNO2S.C8H5ClINO.C8H7ClN2O.C8H8N2O/c1-15(13,14)7-3-2-5-6(8(7)10)4-11-9(5)12;1-14(12,13)8-3-2-6-4-11-5-7(6)9(8)10;2*9-7-5-3-11-8(12)4(5)1-2-6(7)10;9-6-1-2-7-5(3-6)4-10-8(7)11/h2-3H,4H2,1H3,(H,11,12);2-3,11H,4-5H2,1H3;1-2H,3H2,(H,11,12);1-2H,3,10H2,(H,11,12);1-3H,4,9H2,(H,10,11). The van der Waals surface area contributed by atoms with Crippen molar-refractivity contribution in [2.75, 3.05) is 24.0 Å². The molecular weight excluding hydrogens is 1060 g/mol. The number of carbonyl (C=O) groups excluding carboxylic acids is 4. The van der Waals surface area contributed by atoms with Crippen LogP contribution in [0.5, 0.6) is 0 Å². The van der Waals surface area contributed by atoms with E-state index in [4.69, 9.17) is 57.9 Å². The van der Waals surface area contributed by atoms with Gasteiger partial charge in [-0.05, 0) is 99.9 Å².